The second-order valence-electron chi connectivity index (χ2n) is 4.48. The summed E-state index contributed by atoms with van der Waals surface area (Å²) >= 11 is 3.53. The van der Waals surface area contributed by atoms with Crippen molar-refractivity contribution in [3.63, 3.8) is 0 Å². The quantitative estimate of drug-likeness (QED) is 0.687. The summed E-state index contributed by atoms with van der Waals surface area (Å²) in [6.45, 7) is 3.79. The first kappa shape index (κ1) is 13.5. The lowest BCUT2D eigenvalue weighted by Gasteiger charge is -2.00. The zero-order chi connectivity index (χ0) is 13.8. The van der Waals surface area contributed by atoms with Crippen LogP contribution in [0.2, 0.25) is 0 Å². The smallest absolute Gasteiger partial charge is 0.120 e. The molecule has 104 valence electrons. The molecule has 20 heavy (non-hydrogen) atoms. The Morgan fingerprint density at radius 3 is 3.05 bits per heavy atom. The number of rotatable bonds is 6. The molecule has 0 aliphatic carbocycles. The molecule has 0 aliphatic rings. The molecule has 3 aromatic heterocycles. The molecule has 0 fully saturated rings. The Balaban J connectivity index is 1.50. The van der Waals surface area contributed by atoms with Gasteiger partial charge in [-0.05, 0) is 25.5 Å². The molecule has 0 aromatic carbocycles. The van der Waals surface area contributed by atoms with Crippen LogP contribution in [-0.2, 0) is 13.0 Å². The third kappa shape index (κ3) is 3.33. The lowest BCUT2D eigenvalue weighted by Crippen LogP contribution is -2.17. The Morgan fingerprint density at radius 2 is 2.30 bits per heavy atom. The molecule has 0 unspecified atom stereocenters. The first-order valence-electron chi connectivity index (χ1n) is 6.51. The second kappa shape index (κ2) is 6.30. The molecule has 4 nitrogen and oxygen atoms in total. The first-order chi connectivity index (χ1) is 9.81. The van der Waals surface area contributed by atoms with Crippen LogP contribution in [0.5, 0.6) is 0 Å². The summed E-state index contributed by atoms with van der Waals surface area (Å²) in [5.41, 5.74) is 1.10. The molecule has 0 aliphatic heterocycles. The minimum Gasteiger partial charge on any atom is -0.348 e. The summed E-state index contributed by atoms with van der Waals surface area (Å²) in [5.74, 6) is 0.981. The maximum atomic E-state index is 4.53. The van der Waals surface area contributed by atoms with E-state index in [0.717, 1.165) is 36.0 Å². The minimum absolute atomic E-state index is 0.788. The molecule has 3 aromatic rings. The number of aromatic nitrogens is 3. The Kier molecular flexibility index (Phi) is 4.25. The zero-order valence-electron chi connectivity index (χ0n) is 11.2. The largest absolute Gasteiger partial charge is 0.348 e. The average molecular weight is 304 g/mol. The molecule has 3 heterocycles. The number of nitrogens with zero attached hydrogens (tertiary/aromatic N) is 2. The van der Waals surface area contributed by atoms with E-state index in [2.05, 4.69) is 37.8 Å². The van der Waals surface area contributed by atoms with Crippen molar-refractivity contribution >= 4 is 22.7 Å². The van der Waals surface area contributed by atoms with E-state index < -0.39 is 0 Å². The molecular weight excluding hydrogens is 288 g/mol. The van der Waals surface area contributed by atoms with E-state index in [1.165, 1.54) is 9.75 Å². The van der Waals surface area contributed by atoms with E-state index in [4.69, 9.17) is 0 Å². The van der Waals surface area contributed by atoms with Crippen LogP contribution in [0.1, 0.15) is 15.7 Å². The fourth-order valence-electron chi connectivity index (χ4n) is 1.94. The van der Waals surface area contributed by atoms with Gasteiger partial charge < -0.3 is 10.3 Å². The molecule has 0 saturated carbocycles. The predicted octanol–water partition coefficient (Wildman–Crippen LogP) is 3.24. The maximum absolute atomic E-state index is 4.53. The van der Waals surface area contributed by atoms with Crippen molar-refractivity contribution in [2.45, 2.75) is 19.9 Å². The van der Waals surface area contributed by atoms with Crippen LogP contribution in [0.15, 0.2) is 29.9 Å². The summed E-state index contributed by atoms with van der Waals surface area (Å²) in [6, 6.07) is 4.37. The molecule has 0 saturated heterocycles. The SMILES string of the molecule is Cc1nc(-c2ccc(CCNCc3ncc[nH]3)s2)cs1. The van der Waals surface area contributed by atoms with Crippen molar-refractivity contribution in [3.8, 4) is 10.6 Å². The summed E-state index contributed by atoms with van der Waals surface area (Å²) in [7, 11) is 0. The second-order valence-corrected chi connectivity index (χ2v) is 6.71. The molecule has 0 spiro atoms. The van der Waals surface area contributed by atoms with Crippen molar-refractivity contribution in [1.29, 1.82) is 0 Å². The highest BCUT2D eigenvalue weighted by molar-refractivity contribution is 7.16. The normalized spacial score (nSPS) is 11.1. The van der Waals surface area contributed by atoms with E-state index in [0.29, 0.717) is 0 Å². The summed E-state index contributed by atoms with van der Waals surface area (Å²) in [5, 5.41) is 6.63. The Labute approximate surface area is 125 Å². The molecular formula is C14H16N4S2. The van der Waals surface area contributed by atoms with Crippen LogP contribution in [-0.4, -0.2) is 21.5 Å². The molecule has 3 rings (SSSR count). The van der Waals surface area contributed by atoms with Gasteiger partial charge in [0.2, 0.25) is 0 Å². The van der Waals surface area contributed by atoms with Crippen molar-refractivity contribution in [3.05, 3.63) is 45.6 Å². The van der Waals surface area contributed by atoms with Gasteiger partial charge in [-0.3, -0.25) is 0 Å². The van der Waals surface area contributed by atoms with Crippen molar-refractivity contribution < 1.29 is 0 Å². The van der Waals surface area contributed by atoms with Gasteiger partial charge in [-0.15, -0.1) is 22.7 Å². The molecule has 0 bridgehead atoms. The van der Waals surface area contributed by atoms with Gasteiger partial charge in [-0.2, -0.15) is 0 Å². The van der Waals surface area contributed by atoms with Gasteiger partial charge in [-0.25, -0.2) is 9.97 Å². The van der Waals surface area contributed by atoms with Crippen LogP contribution in [0.25, 0.3) is 10.6 Å². The number of hydrogen-bond donors (Lipinski definition) is 2. The Bertz CT molecular complexity index is 654. The van der Waals surface area contributed by atoms with Gasteiger partial charge in [0.25, 0.3) is 0 Å². The first-order valence-corrected chi connectivity index (χ1v) is 8.21. The highest BCUT2D eigenvalue weighted by atomic mass is 32.1. The Hall–Kier alpha value is -1.50. The fourth-order valence-corrected chi connectivity index (χ4v) is 3.59. The highest BCUT2D eigenvalue weighted by Crippen LogP contribution is 2.29. The summed E-state index contributed by atoms with van der Waals surface area (Å²) in [4.78, 5) is 14.4. The number of nitrogens with one attached hydrogen (secondary N) is 2. The lowest BCUT2D eigenvalue weighted by molar-refractivity contribution is 0.668. The van der Waals surface area contributed by atoms with E-state index in [-0.39, 0.29) is 0 Å². The predicted molar refractivity (Wildman–Crippen MR) is 84.2 cm³/mol. The summed E-state index contributed by atoms with van der Waals surface area (Å²) in [6.07, 6.45) is 4.66. The number of imidazole rings is 1. The van der Waals surface area contributed by atoms with Gasteiger partial charge in [-0.1, -0.05) is 0 Å². The monoisotopic (exact) mass is 304 g/mol. The van der Waals surface area contributed by atoms with Crippen molar-refractivity contribution in [1.82, 2.24) is 20.3 Å². The van der Waals surface area contributed by atoms with E-state index in [1.807, 2.05) is 24.5 Å². The van der Waals surface area contributed by atoms with Gasteiger partial charge in [0, 0.05) is 29.2 Å². The third-order valence-electron chi connectivity index (χ3n) is 2.93. The molecule has 0 amide bonds. The number of hydrogen-bond acceptors (Lipinski definition) is 5. The lowest BCUT2D eigenvalue weighted by atomic mass is 10.3. The molecule has 2 N–H and O–H groups in total. The van der Waals surface area contributed by atoms with Crippen LogP contribution >= 0.6 is 22.7 Å². The van der Waals surface area contributed by atoms with Gasteiger partial charge in [0.1, 0.15) is 5.82 Å². The van der Waals surface area contributed by atoms with Crippen molar-refractivity contribution in [2.75, 3.05) is 6.54 Å². The van der Waals surface area contributed by atoms with Crippen LogP contribution < -0.4 is 5.32 Å². The number of H-pyrrole nitrogens is 1. The standard InChI is InChI=1S/C14H16N4S2/c1-10-18-12(9-19-10)13-3-2-11(20-13)4-5-15-8-14-16-6-7-17-14/h2-3,6-7,9,15H,4-5,8H2,1H3,(H,16,17). The third-order valence-corrected chi connectivity index (χ3v) is 4.87. The van der Waals surface area contributed by atoms with Crippen LogP contribution in [0.4, 0.5) is 0 Å². The Morgan fingerprint density at radius 1 is 1.35 bits per heavy atom. The van der Waals surface area contributed by atoms with Crippen molar-refractivity contribution in [2.24, 2.45) is 0 Å². The number of aromatic amines is 1. The van der Waals surface area contributed by atoms with E-state index >= 15 is 0 Å². The average Bonchev–Trinajstić information content (AvgIpc) is 3.16. The zero-order valence-corrected chi connectivity index (χ0v) is 12.9. The number of aryl methyl sites for hydroxylation is 1. The summed E-state index contributed by atoms with van der Waals surface area (Å²) < 4.78 is 0. The minimum atomic E-state index is 0.788. The fraction of sp³-hybridized carbons (Fsp3) is 0.286. The molecule has 0 atom stereocenters. The van der Waals surface area contributed by atoms with Crippen LogP contribution in [0, 0.1) is 6.92 Å². The van der Waals surface area contributed by atoms with Gasteiger partial charge in [0.15, 0.2) is 0 Å². The van der Waals surface area contributed by atoms with E-state index in [9.17, 15) is 0 Å². The molecule has 6 heteroatoms. The number of thiophene rings is 1. The van der Waals surface area contributed by atoms with Gasteiger partial charge in [0.05, 0.1) is 22.1 Å². The highest BCUT2D eigenvalue weighted by Gasteiger charge is 2.06. The van der Waals surface area contributed by atoms with Crippen LogP contribution in [0.3, 0.4) is 0 Å². The molecule has 0 radical (unpaired) electrons. The van der Waals surface area contributed by atoms with Gasteiger partial charge >= 0.3 is 0 Å². The maximum Gasteiger partial charge on any atom is 0.120 e. The number of thiazole rings is 1. The topological polar surface area (TPSA) is 53.6 Å². The van der Waals surface area contributed by atoms with E-state index in [1.54, 1.807) is 17.5 Å².